The van der Waals surface area contributed by atoms with Crippen molar-refractivity contribution in [2.24, 2.45) is 0 Å². The number of hydrogen-bond acceptors (Lipinski definition) is 3. The molecular formula is C14H26N2OS. The second-order valence-electron chi connectivity index (χ2n) is 5.42. The van der Waals surface area contributed by atoms with Crippen LogP contribution in [0.5, 0.6) is 0 Å². The van der Waals surface area contributed by atoms with Crippen LogP contribution >= 0.6 is 11.5 Å². The van der Waals surface area contributed by atoms with Gasteiger partial charge in [-0.1, -0.05) is 59.3 Å². The maximum atomic E-state index is 11.3. The Balaban J connectivity index is 2.65. The van der Waals surface area contributed by atoms with Crippen molar-refractivity contribution < 1.29 is 0 Å². The van der Waals surface area contributed by atoms with E-state index >= 15 is 0 Å². The molecule has 1 atom stereocenters. The number of hydrogen-bond donors (Lipinski definition) is 1. The predicted octanol–water partition coefficient (Wildman–Crippen LogP) is 4.25. The lowest BCUT2D eigenvalue weighted by Crippen LogP contribution is -2.24. The molecular weight excluding hydrogens is 244 g/mol. The number of nitrogens with zero attached hydrogens (tertiary/aromatic N) is 1. The molecule has 1 N–H and O–H groups in total. The number of aromatic amines is 1. The van der Waals surface area contributed by atoms with Gasteiger partial charge in [0.2, 0.25) is 0 Å². The molecule has 0 spiro atoms. The fourth-order valence-electron chi connectivity index (χ4n) is 2.36. The van der Waals surface area contributed by atoms with Gasteiger partial charge in [-0.15, -0.1) is 0 Å². The second-order valence-corrected chi connectivity index (χ2v) is 6.15. The van der Waals surface area contributed by atoms with E-state index in [2.05, 4.69) is 30.1 Å². The Hall–Kier alpha value is -0.640. The highest BCUT2D eigenvalue weighted by atomic mass is 32.1. The molecule has 1 heterocycles. The van der Waals surface area contributed by atoms with E-state index in [9.17, 15) is 4.79 Å². The van der Waals surface area contributed by atoms with Crippen LogP contribution in [0, 0.1) is 0 Å². The van der Waals surface area contributed by atoms with Gasteiger partial charge in [0.1, 0.15) is 5.82 Å². The van der Waals surface area contributed by atoms with Crippen LogP contribution in [0.25, 0.3) is 0 Å². The summed E-state index contributed by atoms with van der Waals surface area (Å²) in [4.78, 5) is 14.2. The minimum atomic E-state index is -0.0266. The Kier molecular flexibility index (Phi) is 6.61. The van der Waals surface area contributed by atoms with E-state index in [1.807, 2.05) is 0 Å². The molecule has 0 amide bonds. The third kappa shape index (κ3) is 4.56. The summed E-state index contributed by atoms with van der Waals surface area (Å²) in [7, 11) is 0. The van der Waals surface area contributed by atoms with E-state index in [0.29, 0.717) is 0 Å². The molecule has 0 saturated carbocycles. The lowest BCUT2D eigenvalue weighted by molar-refractivity contribution is 0.353. The van der Waals surface area contributed by atoms with Crippen LogP contribution in [-0.4, -0.2) is 9.36 Å². The van der Waals surface area contributed by atoms with Gasteiger partial charge in [0.25, 0.3) is 0 Å². The zero-order valence-electron chi connectivity index (χ0n) is 11.9. The Morgan fingerprint density at radius 2 is 1.78 bits per heavy atom. The predicted molar refractivity (Wildman–Crippen MR) is 78.4 cm³/mol. The first-order valence-electron chi connectivity index (χ1n) is 7.19. The van der Waals surface area contributed by atoms with Crippen molar-refractivity contribution >= 4 is 11.5 Å². The highest BCUT2D eigenvalue weighted by Crippen LogP contribution is 2.32. The van der Waals surface area contributed by atoms with E-state index in [-0.39, 0.29) is 10.3 Å². The molecule has 1 aromatic rings. The van der Waals surface area contributed by atoms with Gasteiger partial charge >= 0.3 is 4.87 Å². The van der Waals surface area contributed by atoms with Crippen molar-refractivity contribution in [2.45, 2.75) is 77.6 Å². The third-order valence-corrected chi connectivity index (χ3v) is 4.22. The Morgan fingerprint density at radius 1 is 1.11 bits per heavy atom. The van der Waals surface area contributed by atoms with Gasteiger partial charge in [-0.25, -0.2) is 0 Å². The molecule has 1 aromatic heterocycles. The van der Waals surface area contributed by atoms with Crippen LogP contribution in [0.3, 0.4) is 0 Å². The SMILES string of the molecule is CCCCCCC(C)(CCCC)c1nsc(=O)[nH]1. The van der Waals surface area contributed by atoms with E-state index in [0.717, 1.165) is 30.2 Å². The summed E-state index contributed by atoms with van der Waals surface area (Å²) in [6, 6.07) is 0. The Labute approximate surface area is 114 Å². The molecule has 18 heavy (non-hydrogen) atoms. The molecule has 104 valence electrons. The molecule has 3 nitrogen and oxygen atoms in total. The maximum absolute atomic E-state index is 11.3. The van der Waals surface area contributed by atoms with Crippen molar-refractivity contribution in [3.8, 4) is 0 Å². The molecule has 1 rings (SSSR count). The van der Waals surface area contributed by atoms with Gasteiger partial charge in [0.05, 0.1) is 0 Å². The van der Waals surface area contributed by atoms with Gasteiger partial charge < -0.3 is 0 Å². The topological polar surface area (TPSA) is 45.8 Å². The molecule has 4 heteroatoms. The number of rotatable bonds is 9. The zero-order valence-corrected chi connectivity index (χ0v) is 12.7. The van der Waals surface area contributed by atoms with E-state index in [1.165, 1.54) is 38.5 Å². The van der Waals surface area contributed by atoms with Crippen molar-refractivity contribution in [2.75, 3.05) is 0 Å². The minimum Gasteiger partial charge on any atom is -0.299 e. The zero-order chi connectivity index (χ0) is 13.4. The van der Waals surface area contributed by atoms with E-state index in [1.54, 1.807) is 0 Å². The fraction of sp³-hybridized carbons (Fsp3) is 0.857. The number of aromatic nitrogens is 2. The lowest BCUT2D eigenvalue weighted by atomic mass is 9.79. The number of nitrogens with one attached hydrogen (secondary N) is 1. The van der Waals surface area contributed by atoms with Crippen LogP contribution in [0.2, 0.25) is 0 Å². The summed E-state index contributed by atoms with van der Waals surface area (Å²) in [5, 5.41) is 0. The molecule has 0 bridgehead atoms. The summed E-state index contributed by atoms with van der Waals surface area (Å²) >= 11 is 1.05. The largest absolute Gasteiger partial charge is 0.323 e. The van der Waals surface area contributed by atoms with Crippen molar-refractivity contribution in [1.82, 2.24) is 9.36 Å². The highest BCUT2D eigenvalue weighted by molar-refractivity contribution is 7.02. The van der Waals surface area contributed by atoms with Gasteiger partial charge in [0, 0.05) is 16.9 Å². The summed E-state index contributed by atoms with van der Waals surface area (Å²) in [6.45, 7) is 6.69. The molecule has 1 unspecified atom stereocenters. The molecule has 0 saturated heterocycles. The molecule has 0 aromatic carbocycles. The van der Waals surface area contributed by atoms with Gasteiger partial charge in [-0.05, 0) is 12.8 Å². The van der Waals surface area contributed by atoms with Crippen molar-refractivity contribution in [3.63, 3.8) is 0 Å². The maximum Gasteiger partial charge on any atom is 0.323 e. The van der Waals surface area contributed by atoms with Crippen molar-refractivity contribution in [1.29, 1.82) is 0 Å². The van der Waals surface area contributed by atoms with E-state index in [4.69, 9.17) is 0 Å². The van der Waals surface area contributed by atoms with Crippen LogP contribution in [0.1, 0.15) is 78.0 Å². The van der Waals surface area contributed by atoms with E-state index < -0.39 is 0 Å². The normalized spacial score (nSPS) is 14.6. The monoisotopic (exact) mass is 270 g/mol. The minimum absolute atomic E-state index is 0.0266. The second kappa shape index (κ2) is 7.72. The van der Waals surface area contributed by atoms with Crippen LogP contribution in [-0.2, 0) is 5.41 Å². The number of H-pyrrole nitrogens is 1. The Morgan fingerprint density at radius 3 is 2.33 bits per heavy atom. The first kappa shape index (κ1) is 15.4. The first-order chi connectivity index (χ1) is 8.62. The summed E-state index contributed by atoms with van der Waals surface area (Å²) < 4.78 is 4.31. The highest BCUT2D eigenvalue weighted by Gasteiger charge is 2.28. The molecule has 0 aliphatic carbocycles. The summed E-state index contributed by atoms with van der Waals surface area (Å²) in [6.07, 6.45) is 9.72. The van der Waals surface area contributed by atoms with Gasteiger partial charge in [0.15, 0.2) is 0 Å². The van der Waals surface area contributed by atoms with Crippen LogP contribution in [0.4, 0.5) is 0 Å². The summed E-state index contributed by atoms with van der Waals surface area (Å²) in [5.74, 6) is 0.905. The molecule has 0 aliphatic heterocycles. The standard InChI is InChI=1S/C14H26N2OS/c1-4-6-8-9-11-14(3,10-7-5-2)12-15-13(17)18-16-12/h4-11H2,1-3H3,(H,15,16,17). The third-order valence-electron chi connectivity index (χ3n) is 3.68. The van der Waals surface area contributed by atoms with Crippen LogP contribution in [0.15, 0.2) is 4.79 Å². The fourth-order valence-corrected chi connectivity index (χ4v) is 2.94. The number of unbranched alkanes of at least 4 members (excludes halogenated alkanes) is 4. The average molecular weight is 270 g/mol. The summed E-state index contributed by atoms with van der Waals surface area (Å²) in [5.41, 5.74) is 0.0584. The lowest BCUT2D eigenvalue weighted by Gasteiger charge is -2.27. The first-order valence-corrected chi connectivity index (χ1v) is 7.96. The molecule has 0 fully saturated rings. The van der Waals surface area contributed by atoms with Gasteiger partial charge in [-0.2, -0.15) is 4.37 Å². The Bertz CT molecular complexity index is 385. The quantitative estimate of drug-likeness (QED) is 0.682. The molecule has 0 aliphatic rings. The van der Waals surface area contributed by atoms with Crippen LogP contribution < -0.4 is 4.87 Å². The van der Waals surface area contributed by atoms with Gasteiger partial charge in [-0.3, -0.25) is 9.78 Å². The molecule has 0 radical (unpaired) electrons. The van der Waals surface area contributed by atoms with Crippen molar-refractivity contribution in [3.05, 3.63) is 15.5 Å². The smallest absolute Gasteiger partial charge is 0.299 e. The average Bonchev–Trinajstić information content (AvgIpc) is 2.80.